The van der Waals surface area contributed by atoms with E-state index >= 15 is 0 Å². The summed E-state index contributed by atoms with van der Waals surface area (Å²) < 4.78 is 5.40. The molecule has 0 amide bonds. The van der Waals surface area contributed by atoms with Crippen LogP contribution >= 0.6 is 0 Å². The molecule has 2 aliphatic heterocycles. The molecule has 0 radical (unpaired) electrons. The van der Waals surface area contributed by atoms with Gasteiger partial charge in [0.25, 0.3) is 0 Å². The Balaban J connectivity index is 1.86. The van der Waals surface area contributed by atoms with E-state index in [1.54, 1.807) is 0 Å². The van der Waals surface area contributed by atoms with Crippen molar-refractivity contribution in [2.24, 2.45) is 5.10 Å². The standard InChI is InChI=1S/C14H16N2O2/c1-9-14(2,18-9)13(17)12-11(8-15-16-12)10-6-4-3-5-7-10/h3-7,9,11,15H,8H2,1-2H3/t9-,11-,14+/m1/s1. The molecule has 94 valence electrons. The Morgan fingerprint density at radius 1 is 1.44 bits per heavy atom. The molecule has 4 nitrogen and oxygen atoms in total. The maximum absolute atomic E-state index is 12.4. The van der Waals surface area contributed by atoms with Gasteiger partial charge < -0.3 is 10.2 Å². The molecule has 1 aromatic rings. The van der Waals surface area contributed by atoms with E-state index in [4.69, 9.17) is 4.74 Å². The van der Waals surface area contributed by atoms with Gasteiger partial charge >= 0.3 is 0 Å². The van der Waals surface area contributed by atoms with Crippen LogP contribution < -0.4 is 5.43 Å². The quantitative estimate of drug-likeness (QED) is 0.819. The van der Waals surface area contributed by atoms with Crippen molar-refractivity contribution in [3.05, 3.63) is 35.9 Å². The number of hydrogen-bond acceptors (Lipinski definition) is 4. The number of ether oxygens (including phenoxy) is 1. The van der Waals surface area contributed by atoms with Crippen molar-refractivity contribution in [3.8, 4) is 0 Å². The second kappa shape index (κ2) is 3.92. The Labute approximate surface area is 106 Å². The predicted octanol–water partition coefficient (Wildman–Crippen LogP) is 1.48. The van der Waals surface area contributed by atoms with Gasteiger partial charge in [0.05, 0.1) is 12.0 Å². The van der Waals surface area contributed by atoms with Gasteiger partial charge in [-0.3, -0.25) is 4.79 Å². The van der Waals surface area contributed by atoms with Crippen molar-refractivity contribution in [2.75, 3.05) is 6.54 Å². The summed E-state index contributed by atoms with van der Waals surface area (Å²) in [6, 6.07) is 9.99. The summed E-state index contributed by atoms with van der Waals surface area (Å²) in [5.41, 5.74) is 3.97. The van der Waals surface area contributed by atoms with Crippen LogP contribution in [0.3, 0.4) is 0 Å². The van der Waals surface area contributed by atoms with E-state index < -0.39 is 5.60 Å². The fraction of sp³-hybridized carbons (Fsp3) is 0.429. The predicted molar refractivity (Wildman–Crippen MR) is 68.6 cm³/mol. The highest BCUT2D eigenvalue weighted by atomic mass is 16.6. The van der Waals surface area contributed by atoms with Crippen LogP contribution in [-0.4, -0.2) is 29.7 Å². The van der Waals surface area contributed by atoms with Crippen LogP contribution in [0.5, 0.6) is 0 Å². The Bertz CT molecular complexity index is 512. The van der Waals surface area contributed by atoms with E-state index in [9.17, 15) is 4.79 Å². The number of hydrazone groups is 1. The lowest BCUT2D eigenvalue weighted by atomic mass is 9.87. The molecule has 18 heavy (non-hydrogen) atoms. The molecule has 0 aliphatic carbocycles. The van der Waals surface area contributed by atoms with Crippen molar-refractivity contribution in [2.45, 2.75) is 31.5 Å². The zero-order valence-electron chi connectivity index (χ0n) is 10.5. The van der Waals surface area contributed by atoms with Crippen molar-refractivity contribution in [1.82, 2.24) is 5.43 Å². The number of ketones is 1. The first-order chi connectivity index (χ1) is 8.63. The summed E-state index contributed by atoms with van der Waals surface area (Å²) in [6.45, 7) is 4.43. The van der Waals surface area contributed by atoms with Crippen LogP contribution in [-0.2, 0) is 9.53 Å². The number of nitrogens with one attached hydrogen (secondary N) is 1. The highest BCUT2D eigenvalue weighted by Gasteiger charge is 2.57. The fourth-order valence-corrected chi connectivity index (χ4v) is 2.39. The zero-order valence-corrected chi connectivity index (χ0v) is 10.5. The van der Waals surface area contributed by atoms with Crippen LogP contribution in [0.2, 0.25) is 0 Å². The minimum atomic E-state index is -0.669. The number of carbonyl (C=O) groups is 1. The molecule has 1 aromatic carbocycles. The van der Waals surface area contributed by atoms with Gasteiger partial charge in [-0.25, -0.2) is 0 Å². The number of nitrogens with zero attached hydrogens (tertiary/aromatic N) is 1. The third kappa shape index (κ3) is 1.64. The normalized spacial score (nSPS) is 33.8. The maximum atomic E-state index is 12.4. The molecule has 1 saturated heterocycles. The zero-order chi connectivity index (χ0) is 12.8. The molecular weight excluding hydrogens is 228 g/mol. The molecular formula is C14H16N2O2. The molecule has 0 spiro atoms. The third-order valence-corrected chi connectivity index (χ3v) is 3.85. The van der Waals surface area contributed by atoms with E-state index in [0.717, 1.165) is 5.56 Å². The van der Waals surface area contributed by atoms with Gasteiger partial charge in [-0.2, -0.15) is 5.10 Å². The Hall–Kier alpha value is -1.68. The summed E-state index contributed by atoms with van der Waals surface area (Å²) in [5.74, 6) is 0.0424. The first kappa shape index (κ1) is 11.4. The van der Waals surface area contributed by atoms with E-state index in [1.807, 2.05) is 44.2 Å². The fourth-order valence-electron chi connectivity index (χ4n) is 2.39. The van der Waals surface area contributed by atoms with Gasteiger partial charge in [0.15, 0.2) is 5.60 Å². The molecule has 3 atom stereocenters. The van der Waals surface area contributed by atoms with Gasteiger partial charge in [-0.05, 0) is 19.4 Å². The average molecular weight is 244 g/mol. The van der Waals surface area contributed by atoms with Crippen LogP contribution in [0.1, 0.15) is 25.3 Å². The van der Waals surface area contributed by atoms with Gasteiger partial charge in [-0.15, -0.1) is 0 Å². The van der Waals surface area contributed by atoms with Gasteiger partial charge in [0.2, 0.25) is 5.78 Å². The Morgan fingerprint density at radius 3 is 2.72 bits per heavy atom. The highest BCUT2D eigenvalue weighted by molar-refractivity contribution is 6.45. The summed E-state index contributed by atoms with van der Waals surface area (Å²) in [4.78, 5) is 12.4. The van der Waals surface area contributed by atoms with Gasteiger partial charge in [-0.1, -0.05) is 30.3 Å². The first-order valence-corrected chi connectivity index (χ1v) is 6.21. The van der Waals surface area contributed by atoms with Crippen LogP contribution in [0.15, 0.2) is 35.4 Å². The van der Waals surface area contributed by atoms with Crippen LogP contribution in [0.4, 0.5) is 0 Å². The number of Topliss-reactive ketones (excluding diaryl/α,β-unsaturated/α-hetero) is 1. The van der Waals surface area contributed by atoms with Gasteiger partial charge in [0.1, 0.15) is 5.71 Å². The van der Waals surface area contributed by atoms with Crippen molar-refractivity contribution >= 4 is 11.5 Å². The second-order valence-corrected chi connectivity index (χ2v) is 5.02. The lowest BCUT2D eigenvalue weighted by molar-refractivity contribution is -0.117. The second-order valence-electron chi connectivity index (χ2n) is 5.02. The molecule has 2 heterocycles. The molecule has 1 N–H and O–H groups in total. The molecule has 4 heteroatoms. The SMILES string of the molecule is C[C@H]1O[C@]1(C)C(=O)C1=NNC[C@@H]1c1ccccc1. The van der Waals surface area contributed by atoms with Crippen LogP contribution in [0, 0.1) is 0 Å². The van der Waals surface area contributed by atoms with Gasteiger partial charge in [0, 0.05) is 6.54 Å². The van der Waals surface area contributed by atoms with Crippen molar-refractivity contribution in [1.29, 1.82) is 0 Å². The van der Waals surface area contributed by atoms with E-state index in [1.165, 1.54) is 0 Å². The average Bonchev–Trinajstić information content (AvgIpc) is 2.83. The Kier molecular flexibility index (Phi) is 2.48. The summed E-state index contributed by atoms with van der Waals surface area (Å²) in [7, 11) is 0. The lowest BCUT2D eigenvalue weighted by Crippen LogP contribution is -2.33. The lowest BCUT2D eigenvalue weighted by Gasteiger charge is -2.13. The molecule has 0 aromatic heterocycles. The van der Waals surface area contributed by atoms with Crippen molar-refractivity contribution in [3.63, 3.8) is 0 Å². The topological polar surface area (TPSA) is 54.0 Å². The van der Waals surface area contributed by atoms with Crippen LogP contribution in [0.25, 0.3) is 0 Å². The maximum Gasteiger partial charge on any atom is 0.213 e. The smallest absolute Gasteiger partial charge is 0.213 e. The van der Waals surface area contributed by atoms with Crippen molar-refractivity contribution < 1.29 is 9.53 Å². The molecule has 2 aliphatic rings. The minimum Gasteiger partial charge on any atom is -0.358 e. The summed E-state index contributed by atoms with van der Waals surface area (Å²) >= 11 is 0. The summed E-state index contributed by atoms with van der Waals surface area (Å²) in [5, 5.41) is 4.17. The first-order valence-electron chi connectivity index (χ1n) is 6.21. The molecule has 0 unspecified atom stereocenters. The Morgan fingerprint density at radius 2 is 2.11 bits per heavy atom. The highest BCUT2D eigenvalue weighted by Crippen LogP contribution is 2.38. The van der Waals surface area contributed by atoms with E-state index in [0.29, 0.717) is 12.3 Å². The third-order valence-electron chi connectivity index (χ3n) is 3.85. The molecule has 3 rings (SSSR count). The number of hydrogen-bond donors (Lipinski definition) is 1. The minimum absolute atomic E-state index is 0.00820. The van der Waals surface area contributed by atoms with E-state index in [2.05, 4.69) is 10.5 Å². The van der Waals surface area contributed by atoms with E-state index in [-0.39, 0.29) is 17.8 Å². The molecule has 1 fully saturated rings. The number of rotatable bonds is 3. The largest absolute Gasteiger partial charge is 0.358 e. The number of carbonyl (C=O) groups excluding carboxylic acids is 1. The summed E-state index contributed by atoms with van der Waals surface area (Å²) in [6.07, 6.45) is -0.00952. The number of epoxide rings is 1. The molecule has 0 saturated carbocycles. The molecule has 0 bridgehead atoms. The monoisotopic (exact) mass is 244 g/mol. The number of benzene rings is 1.